The zero-order valence-electron chi connectivity index (χ0n) is 25.1. The van der Waals surface area contributed by atoms with E-state index >= 15 is 0 Å². The Bertz CT molecular complexity index is 1610. The van der Waals surface area contributed by atoms with Gasteiger partial charge in [-0.3, -0.25) is 4.79 Å². The van der Waals surface area contributed by atoms with Gasteiger partial charge >= 0.3 is 12.1 Å². The molecule has 3 unspecified atom stereocenters. The van der Waals surface area contributed by atoms with Crippen LogP contribution in [0.25, 0.3) is 22.1 Å². The van der Waals surface area contributed by atoms with Crippen molar-refractivity contribution in [3.8, 4) is 28.4 Å². The van der Waals surface area contributed by atoms with Gasteiger partial charge < -0.3 is 53.5 Å². The van der Waals surface area contributed by atoms with Crippen LogP contribution < -0.4 is 25.0 Å². The monoisotopic (exact) mass is 629 g/mol. The van der Waals surface area contributed by atoms with E-state index in [0.29, 0.717) is 35.8 Å². The van der Waals surface area contributed by atoms with Crippen molar-refractivity contribution in [1.82, 2.24) is 5.32 Å². The number of esters is 1. The summed E-state index contributed by atoms with van der Waals surface area (Å²) in [6, 6.07) is 8.42. The van der Waals surface area contributed by atoms with E-state index in [9.17, 15) is 29.7 Å². The highest BCUT2D eigenvalue weighted by molar-refractivity contribution is 5.83. The van der Waals surface area contributed by atoms with Gasteiger partial charge in [0.2, 0.25) is 6.29 Å². The lowest BCUT2D eigenvalue weighted by atomic mass is 9.99. The molecule has 2 aromatic carbocycles. The number of nitrogens with one attached hydrogen (secondary N) is 1. The Kier molecular flexibility index (Phi) is 9.20. The summed E-state index contributed by atoms with van der Waals surface area (Å²) in [6.07, 6.45) is -7.32. The quantitative estimate of drug-likeness (QED) is 0.277. The average molecular weight is 630 g/mol. The van der Waals surface area contributed by atoms with Gasteiger partial charge in [-0.2, -0.15) is 0 Å². The third kappa shape index (κ3) is 7.31. The summed E-state index contributed by atoms with van der Waals surface area (Å²) in [4.78, 5) is 37.7. The number of benzene rings is 2. The largest absolute Gasteiger partial charge is 0.486 e. The summed E-state index contributed by atoms with van der Waals surface area (Å²) in [6.45, 7) is 6.71. The molecule has 0 saturated carbocycles. The van der Waals surface area contributed by atoms with Gasteiger partial charge in [-0.25, -0.2) is 9.59 Å². The van der Waals surface area contributed by atoms with Crippen LogP contribution in [0.2, 0.25) is 0 Å². The van der Waals surface area contributed by atoms with Crippen LogP contribution in [0.4, 0.5) is 4.79 Å². The van der Waals surface area contributed by atoms with Crippen LogP contribution in [0.5, 0.6) is 17.2 Å². The molecule has 0 aliphatic carbocycles. The highest BCUT2D eigenvalue weighted by Gasteiger charge is 2.45. The molecule has 2 aliphatic rings. The van der Waals surface area contributed by atoms with Gasteiger partial charge in [0.1, 0.15) is 73.5 Å². The number of aliphatic hydroxyl groups is 3. The predicted molar refractivity (Wildman–Crippen MR) is 156 cm³/mol. The standard InChI is InChI=1S/C31H35NO13/c1-15(32-30(38)45-31(2,3)4)28(37)42-14-23-25(34)26(35)27(36)29(44-23)43-17-6-7-18-21(12-17)41-13-19(24(18)33)16-5-8-20-22(11-16)40-10-9-39-20/h5-8,11-13,15,23,25-27,29,34-36H,9-10,14H2,1-4H3,(H,32,38)/t15-,23?,25-,26?,27?,29+/m1/s1. The normalized spacial score (nSPS) is 23.6. The summed E-state index contributed by atoms with van der Waals surface area (Å²) in [5, 5.41) is 34.0. The van der Waals surface area contributed by atoms with Crippen LogP contribution in [-0.4, -0.2) is 89.6 Å². The SMILES string of the molecule is C[C@@H](NC(=O)OC(C)(C)C)C(=O)OCC1O[C@H](Oc2ccc3c(=O)c(-c4ccc5c(c4)OCCO5)coc3c2)C(O)C(O)[C@@H]1O. The third-order valence-corrected chi connectivity index (χ3v) is 7.00. The van der Waals surface area contributed by atoms with E-state index < -0.39 is 61.0 Å². The summed E-state index contributed by atoms with van der Waals surface area (Å²) in [7, 11) is 0. The van der Waals surface area contributed by atoms with Gasteiger partial charge in [0, 0.05) is 6.07 Å². The second-order valence-corrected chi connectivity index (χ2v) is 11.6. The van der Waals surface area contributed by atoms with Gasteiger partial charge in [-0.05, 0) is 57.5 Å². The second-order valence-electron chi connectivity index (χ2n) is 11.6. The van der Waals surface area contributed by atoms with Crippen molar-refractivity contribution >= 4 is 23.0 Å². The lowest BCUT2D eigenvalue weighted by Gasteiger charge is -2.40. The first-order chi connectivity index (χ1) is 21.3. The number of amides is 1. The van der Waals surface area contributed by atoms with Crippen molar-refractivity contribution in [2.75, 3.05) is 19.8 Å². The molecule has 3 heterocycles. The maximum Gasteiger partial charge on any atom is 0.408 e. The molecule has 3 aromatic rings. The molecule has 0 bridgehead atoms. The third-order valence-electron chi connectivity index (χ3n) is 7.00. The number of rotatable bonds is 7. The maximum absolute atomic E-state index is 13.3. The molecule has 242 valence electrons. The molecule has 5 rings (SSSR count). The van der Waals surface area contributed by atoms with Gasteiger partial charge in [0.25, 0.3) is 0 Å². The van der Waals surface area contributed by atoms with Crippen molar-refractivity contribution in [2.45, 2.75) is 70.0 Å². The van der Waals surface area contributed by atoms with E-state index in [4.69, 9.17) is 32.8 Å². The minimum Gasteiger partial charge on any atom is -0.486 e. The number of carbonyl (C=O) groups is 2. The number of hydrogen-bond acceptors (Lipinski definition) is 13. The van der Waals surface area contributed by atoms with Crippen LogP contribution in [0, 0.1) is 0 Å². The van der Waals surface area contributed by atoms with Crippen molar-refractivity contribution in [3.63, 3.8) is 0 Å². The fourth-order valence-electron chi connectivity index (χ4n) is 4.71. The van der Waals surface area contributed by atoms with E-state index in [1.165, 1.54) is 31.4 Å². The number of ether oxygens (including phenoxy) is 6. The Morgan fingerprint density at radius 3 is 2.47 bits per heavy atom. The number of hydrogen-bond donors (Lipinski definition) is 4. The molecule has 1 saturated heterocycles. The zero-order valence-corrected chi connectivity index (χ0v) is 25.1. The number of carbonyl (C=O) groups excluding carboxylic acids is 2. The molecule has 2 aliphatic heterocycles. The number of aliphatic hydroxyl groups excluding tert-OH is 3. The zero-order chi connectivity index (χ0) is 32.5. The van der Waals surface area contributed by atoms with E-state index in [0.717, 1.165) is 0 Å². The Morgan fingerprint density at radius 2 is 1.73 bits per heavy atom. The van der Waals surface area contributed by atoms with E-state index in [-0.39, 0.29) is 22.1 Å². The molecular formula is C31H35NO13. The Balaban J connectivity index is 1.25. The molecular weight excluding hydrogens is 594 g/mol. The minimum absolute atomic E-state index is 0.122. The first kappa shape index (κ1) is 32.0. The fourth-order valence-corrected chi connectivity index (χ4v) is 4.71. The highest BCUT2D eigenvalue weighted by Crippen LogP contribution is 2.34. The Morgan fingerprint density at radius 1 is 1.00 bits per heavy atom. The molecule has 4 N–H and O–H groups in total. The van der Waals surface area contributed by atoms with Crippen molar-refractivity contribution in [2.24, 2.45) is 0 Å². The van der Waals surface area contributed by atoms with E-state index in [1.807, 2.05) is 0 Å². The van der Waals surface area contributed by atoms with Gasteiger partial charge in [0.05, 0.1) is 10.9 Å². The van der Waals surface area contributed by atoms with Crippen LogP contribution in [0.3, 0.4) is 0 Å². The van der Waals surface area contributed by atoms with Crippen molar-refractivity contribution in [1.29, 1.82) is 0 Å². The van der Waals surface area contributed by atoms with E-state index in [2.05, 4.69) is 5.32 Å². The summed E-state index contributed by atoms with van der Waals surface area (Å²) >= 11 is 0. The number of alkyl carbamates (subject to hydrolysis) is 1. The van der Waals surface area contributed by atoms with Gasteiger partial charge in [-0.15, -0.1) is 0 Å². The number of fused-ring (bicyclic) bond motifs is 2. The molecule has 1 aromatic heterocycles. The summed E-state index contributed by atoms with van der Waals surface area (Å²) in [5.41, 5.74) is 0.00530. The lowest BCUT2D eigenvalue weighted by Crippen LogP contribution is -2.60. The van der Waals surface area contributed by atoms with Gasteiger partial charge in [-0.1, -0.05) is 6.07 Å². The Labute approximate surface area is 257 Å². The molecule has 6 atom stereocenters. The van der Waals surface area contributed by atoms with Crippen molar-refractivity contribution in [3.05, 3.63) is 52.9 Å². The minimum atomic E-state index is -1.71. The first-order valence-corrected chi connectivity index (χ1v) is 14.3. The molecule has 14 nitrogen and oxygen atoms in total. The molecule has 0 radical (unpaired) electrons. The Hall–Kier alpha value is -4.37. The van der Waals surface area contributed by atoms with E-state index in [1.54, 1.807) is 39.0 Å². The molecule has 14 heteroatoms. The van der Waals surface area contributed by atoms with Crippen LogP contribution in [0.15, 0.2) is 51.9 Å². The summed E-state index contributed by atoms with van der Waals surface area (Å²) in [5.74, 6) is 0.387. The molecule has 0 spiro atoms. The van der Waals surface area contributed by atoms with Crippen LogP contribution in [-0.2, 0) is 19.0 Å². The molecule has 1 fully saturated rings. The van der Waals surface area contributed by atoms with Crippen LogP contribution in [0.1, 0.15) is 27.7 Å². The first-order valence-electron chi connectivity index (χ1n) is 14.3. The van der Waals surface area contributed by atoms with Gasteiger partial charge in [0.15, 0.2) is 16.9 Å². The van der Waals surface area contributed by atoms with Crippen molar-refractivity contribution < 1.29 is 57.7 Å². The topological polar surface area (TPSA) is 192 Å². The predicted octanol–water partition coefficient (Wildman–Crippen LogP) is 1.87. The average Bonchev–Trinajstić information content (AvgIpc) is 2.99. The summed E-state index contributed by atoms with van der Waals surface area (Å²) < 4.78 is 38.5. The molecule has 45 heavy (non-hydrogen) atoms. The molecule has 1 amide bonds. The highest BCUT2D eigenvalue weighted by atomic mass is 16.7. The lowest BCUT2D eigenvalue weighted by molar-refractivity contribution is -0.278. The maximum atomic E-state index is 13.3. The fraction of sp³-hybridized carbons (Fsp3) is 0.452. The smallest absolute Gasteiger partial charge is 0.408 e. The van der Waals surface area contributed by atoms with Crippen LogP contribution >= 0.6 is 0 Å². The second kappa shape index (κ2) is 12.9.